The van der Waals surface area contributed by atoms with Gasteiger partial charge in [-0.3, -0.25) is 14.4 Å². The van der Waals surface area contributed by atoms with Crippen LogP contribution in [0.15, 0.2) is 0 Å². The van der Waals surface area contributed by atoms with Crippen LogP contribution in [0.25, 0.3) is 0 Å². The summed E-state index contributed by atoms with van der Waals surface area (Å²) in [5.74, 6) is -2.04. The molecule has 0 aromatic rings. The number of hydrogen-bond acceptors (Lipinski definition) is 9. The van der Waals surface area contributed by atoms with Crippen molar-refractivity contribution in [2.75, 3.05) is 26.8 Å². The van der Waals surface area contributed by atoms with Crippen molar-refractivity contribution in [2.24, 2.45) is 11.7 Å². The van der Waals surface area contributed by atoms with Gasteiger partial charge in [-0.25, -0.2) is 9.59 Å². The third-order valence-corrected chi connectivity index (χ3v) is 6.92. The highest BCUT2D eigenvalue weighted by atomic mass is 16.6. The van der Waals surface area contributed by atoms with Crippen molar-refractivity contribution in [2.45, 2.75) is 142 Å². The Hall–Kier alpha value is -2.93. The molecular weight excluding hydrogens is 582 g/mol. The average Bonchev–Trinajstić information content (AvgIpc) is 2.96. The Morgan fingerprint density at radius 1 is 0.756 bits per heavy atom. The van der Waals surface area contributed by atoms with E-state index in [4.69, 9.17) is 15.2 Å². The number of nitrogens with two attached hydrogens (primary N) is 1. The molecule has 7 N–H and O–H groups in total. The summed E-state index contributed by atoms with van der Waals surface area (Å²) in [4.78, 5) is 62.3. The van der Waals surface area contributed by atoms with Crippen molar-refractivity contribution in [3.63, 3.8) is 0 Å². The van der Waals surface area contributed by atoms with Gasteiger partial charge in [-0.05, 0) is 71.8 Å². The predicted molar refractivity (Wildman–Crippen MR) is 173 cm³/mol. The Bertz CT molecular complexity index is 878. The maximum atomic E-state index is 13.1. The second-order valence-corrected chi connectivity index (χ2v) is 12.9. The third kappa shape index (κ3) is 22.3. The first-order chi connectivity index (χ1) is 21.2. The summed E-state index contributed by atoms with van der Waals surface area (Å²) in [6.07, 6.45) is 9.26. The van der Waals surface area contributed by atoms with Crippen molar-refractivity contribution in [1.29, 1.82) is 0 Å². The molecule has 0 aromatic carbocycles. The van der Waals surface area contributed by atoms with Crippen LogP contribution in [-0.4, -0.2) is 85.4 Å². The van der Waals surface area contributed by atoms with Crippen LogP contribution < -0.4 is 27.0 Å². The smallest absolute Gasteiger partial charge is 0.407 e. The topological polar surface area (TPSA) is 198 Å². The van der Waals surface area contributed by atoms with E-state index in [9.17, 15) is 29.1 Å². The molecule has 0 saturated carbocycles. The minimum atomic E-state index is -1.21. The number of aliphatic hydroxyl groups is 1. The number of esters is 1. The van der Waals surface area contributed by atoms with Gasteiger partial charge in [-0.1, -0.05) is 52.4 Å². The maximum absolute atomic E-state index is 13.1. The van der Waals surface area contributed by atoms with E-state index in [0.29, 0.717) is 38.8 Å². The number of alkyl carbamates (subject to hydrolysis) is 1. The highest BCUT2D eigenvalue weighted by Crippen LogP contribution is 2.11. The van der Waals surface area contributed by atoms with Crippen LogP contribution >= 0.6 is 0 Å². The number of methoxy groups -OCH3 is 1. The second-order valence-electron chi connectivity index (χ2n) is 12.9. The van der Waals surface area contributed by atoms with E-state index in [1.54, 1.807) is 0 Å². The van der Waals surface area contributed by atoms with E-state index in [1.807, 2.05) is 34.6 Å². The van der Waals surface area contributed by atoms with Crippen LogP contribution in [0.4, 0.5) is 4.79 Å². The highest BCUT2D eigenvalue weighted by molar-refractivity contribution is 5.93. The van der Waals surface area contributed by atoms with Gasteiger partial charge in [0.15, 0.2) is 0 Å². The van der Waals surface area contributed by atoms with Crippen molar-refractivity contribution in [3.8, 4) is 0 Å². The summed E-state index contributed by atoms with van der Waals surface area (Å²) in [6, 6.07) is -3.05. The van der Waals surface area contributed by atoms with Gasteiger partial charge in [0.1, 0.15) is 23.7 Å². The zero-order chi connectivity index (χ0) is 34.3. The summed E-state index contributed by atoms with van der Waals surface area (Å²) in [7, 11) is 1.25. The quantitative estimate of drug-likeness (QED) is 0.0676. The molecule has 0 spiro atoms. The number of amides is 4. The number of hydrogen-bond donors (Lipinski definition) is 6. The van der Waals surface area contributed by atoms with E-state index in [0.717, 1.165) is 44.9 Å². The molecule has 0 heterocycles. The van der Waals surface area contributed by atoms with Crippen molar-refractivity contribution >= 4 is 29.8 Å². The molecule has 13 nitrogen and oxygen atoms in total. The van der Waals surface area contributed by atoms with Crippen LogP contribution in [0.5, 0.6) is 0 Å². The molecule has 0 bridgehead atoms. The third-order valence-electron chi connectivity index (χ3n) is 6.92. The molecular formula is C32H61N5O8. The van der Waals surface area contributed by atoms with Gasteiger partial charge in [-0.2, -0.15) is 0 Å². The van der Waals surface area contributed by atoms with Crippen LogP contribution in [-0.2, 0) is 28.7 Å². The van der Waals surface area contributed by atoms with Gasteiger partial charge in [0.05, 0.1) is 13.7 Å². The van der Waals surface area contributed by atoms with Gasteiger partial charge in [0.25, 0.3) is 0 Å². The number of nitrogens with one attached hydrogen (secondary N) is 4. The average molecular weight is 644 g/mol. The Morgan fingerprint density at radius 2 is 1.31 bits per heavy atom. The van der Waals surface area contributed by atoms with Crippen molar-refractivity contribution in [1.82, 2.24) is 21.3 Å². The summed E-state index contributed by atoms with van der Waals surface area (Å²) in [6.45, 7) is 9.70. The zero-order valence-corrected chi connectivity index (χ0v) is 28.5. The lowest BCUT2D eigenvalue weighted by Crippen LogP contribution is -2.56. The Morgan fingerprint density at radius 3 is 1.84 bits per heavy atom. The van der Waals surface area contributed by atoms with E-state index >= 15 is 0 Å². The fraction of sp³-hybridized carbons (Fsp3) is 0.844. The lowest BCUT2D eigenvalue weighted by Gasteiger charge is -2.25. The largest absolute Gasteiger partial charge is 0.467 e. The summed E-state index contributed by atoms with van der Waals surface area (Å²) >= 11 is 0. The summed E-state index contributed by atoms with van der Waals surface area (Å²) < 4.78 is 10.0. The summed E-state index contributed by atoms with van der Waals surface area (Å²) in [5.41, 5.74) is 5.08. The first-order valence-corrected chi connectivity index (χ1v) is 16.5. The second kappa shape index (κ2) is 24.3. The molecule has 13 heteroatoms. The molecule has 0 fully saturated rings. The van der Waals surface area contributed by atoms with E-state index in [-0.39, 0.29) is 24.7 Å². The normalized spacial score (nSPS) is 13.4. The fourth-order valence-corrected chi connectivity index (χ4v) is 4.57. The molecule has 45 heavy (non-hydrogen) atoms. The first kappa shape index (κ1) is 42.1. The molecule has 0 radical (unpaired) electrons. The van der Waals surface area contributed by atoms with Crippen molar-refractivity contribution in [3.05, 3.63) is 0 Å². The van der Waals surface area contributed by atoms with Gasteiger partial charge < -0.3 is 41.6 Å². The number of carbonyl (C=O) groups excluding carboxylic acids is 5. The number of ether oxygens (including phenoxy) is 2. The number of aliphatic hydroxyl groups excluding tert-OH is 1. The molecule has 0 rings (SSSR count). The molecule has 0 saturated heterocycles. The van der Waals surface area contributed by atoms with E-state index in [1.165, 1.54) is 7.11 Å². The number of carbonyl (C=O) groups is 5. The van der Waals surface area contributed by atoms with Crippen LogP contribution in [0.1, 0.15) is 118 Å². The molecule has 0 aliphatic carbocycles. The summed E-state index contributed by atoms with van der Waals surface area (Å²) in [5, 5.41) is 20.4. The Labute approximate surface area is 269 Å². The van der Waals surface area contributed by atoms with E-state index < -0.39 is 54.2 Å². The standard InChI is InChI=1S/C32H61N5O8/c1-23(2)21-25(30(42)44-6)37-28(40)24(17-14-15-19-33)36-29(41)26(22-38)35-27(39)18-13-11-9-7-8-10-12-16-20-34-31(43)45-32(3,4)5/h23-26,38H,7-22,33H2,1-6H3,(H,34,43)(H,35,39)(H,36,41)(H,37,40)/t24-,25-,26-/m0/s1. The minimum absolute atomic E-state index is 0.111. The molecule has 0 aliphatic heterocycles. The van der Waals surface area contributed by atoms with Gasteiger partial charge >= 0.3 is 12.1 Å². The van der Waals surface area contributed by atoms with Crippen LogP contribution in [0.3, 0.4) is 0 Å². The first-order valence-electron chi connectivity index (χ1n) is 16.5. The Balaban J connectivity index is 4.52. The predicted octanol–water partition coefficient (Wildman–Crippen LogP) is 2.82. The van der Waals surface area contributed by atoms with Crippen LogP contribution in [0, 0.1) is 5.92 Å². The highest BCUT2D eigenvalue weighted by Gasteiger charge is 2.30. The maximum Gasteiger partial charge on any atom is 0.407 e. The van der Waals surface area contributed by atoms with Gasteiger partial charge in [-0.15, -0.1) is 0 Å². The molecule has 0 aromatic heterocycles. The lowest BCUT2D eigenvalue weighted by molar-refractivity contribution is -0.146. The van der Waals surface area contributed by atoms with Gasteiger partial charge in [0.2, 0.25) is 17.7 Å². The number of rotatable bonds is 24. The molecule has 262 valence electrons. The van der Waals surface area contributed by atoms with E-state index in [2.05, 4.69) is 21.3 Å². The van der Waals surface area contributed by atoms with Gasteiger partial charge in [0, 0.05) is 13.0 Å². The molecule has 0 unspecified atom stereocenters. The SMILES string of the molecule is COC(=O)[C@H](CC(C)C)NC(=O)[C@H](CCCCN)NC(=O)[C@H](CO)NC(=O)CCCCCCCCCCNC(=O)OC(C)(C)C. The number of unbranched alkanes of at least 4 members (excludes halogenated alkanes) is 8. The fourth-order valence-electron chi connectivity index (χ4n) is 4.57. The molecule has 4 amide bonds. The lowest BCUT2D eigenvalue weighted by atomic mass is 10.0. The van der Waals surface area contributed by atoms with Crippen LogP contribution in [0.2, 0.25) is 0 Å². The Kier molecular flexibility index (Phi) is 22.7. The molecule has 0 aliphatic rings. The monoisotopic (exact) mass is 643 g/mol. The zero-order valence-electron chi connectivity index (χ0n) is 28.5. The minimum Gasteiger partial charge on any atom is -0.467 e. The van der Waals surface area contributed by atoms with Crippen molar-refractivity contribution < 1.29 is 38.6 Å². The molecule has 3 atom stereocenters.